The fourth-order valence-electron chi connectivity index (χ4n) is 1.93. The van der Waals surface area contributed by atoms with E-state index in [2.05, 4.69) is 10.4 Å². The van der Waals surface area contributed by atoms with E-state index in [1.165, 1.54) is 0 Å². The van der Waals surface area contributed by atoms with Gasteiger partial charge < -0.3 is 5.32 Å². The van der Waals surface area contributed by atoms with Crippen LogP contribution in [0.2, 0.25) is 10.0 Å². The van der Waals surface area contributed by atoms with Crippen LogP contribution < -0.4 is 5.32 Å². The number of carbonyl (C=O) groups excluding carboxylic acids is 1. The Labute approximate surface area is 126 Å². The molecule has 0 bridgehead atoms. The fourth-order valence-corrected chi connectivity index (χ4v) is 2.40. The van der Waals surface area contributed by atoms with Crippen LogP contribution in [-0.4, -0.2) is 15.7 Å². The van der Waals surface area contributed by atoms with Gasteiger partial charge >= 0.3 is 0 Å². The van der Waals surface area contributed by atoms with Crippen LogP contribution in [-0.2, 0) is 11.3 Å². The van der Waals surface area contributed by atoms with Crippen molar-refractivity contribution in [1.82, 2.24) is 9.78 Å². The van der Waals surface area contributed by atoms with Gasteiger partial charge in [0.05, 0.1) is 18.4 Å². The molecule has 1 aliphatic rings. The molecule has 0 unspecified atom stereocenters. The van der Waals surface area contributed by atoms with Gasteiger partial charge in [0.15, 0.2) is 0 Å². The Morgan fingerprint density at radius 2 is 2.20 bits per heavy atom. The van der Waals surface area contributed by atoms with Crippen molar-refractivity contribution in [2.75, 3.05) is 5.32 Å². The smallest absolute Gasteiger partial charge is 0.227 e. The summed E-state index contributed by atoms with van der Waals surface area (Å²) in [5, 5.41) is 8.29. The standard InChI is InChI=1S/C14H13Cl2N3O/c15-11-4-3-10(13(16)5-11)7-19-8-12(6-17-19)18-14(20)9-1-2-9/h3-6,8-9H,1-2,7H2,(H,18,20). The van der Waals surface area contributed by atoms with Gasteiger partial charge in [-0.05, 0) is 30.5 Å². The third-order valence-electron chi connectivity index (χ3n) is 3.20. The predicted molar refractivity (Wildman–Crippen MR) is 79.1 cm³/mol. The zero-order valence-corrected chi connectivity index (χ0v) is 12.2. The molecule has 6 heteroatoms. The van der Waals surface area contributed by atoms with Crippen LogP contribution in [0.15, 0.2) is 30.6 Å². The summed E-state index contributed by atoms with van der Waals surface area (Å²) >= 11 is 12.0. The molecule has 1 fully saturated rings. The van der Waals surface area contributed by atoms with Crippen LogP contribution in [0, 0.1) is 5.92 Å². The maximum absolute atomic E-state index is 11.6. The first-order valence-corrected chi connectivity index (χ1v) is 7.14. The Morgan fingerprint density at radius 1 is 1.40 bits per heavy atom. The second kappa shape index (κ2) is 5.46. The van der Waals surface area contributed by atoms with Gasteiger partial charge in [-0.15, -0.1) is 0 Å². The molecule has 104 valence electrons. The van der Waals surface area contributed by atoms with Crippen LogP contribution in [0.4, 0.5) is 5.69 Å². The third-order valence-corrected chi connectivity index (χ3v) is 3.78. The molecular formula is C14H13Cl2N3O. The minimum absolute atomic E-state index is 0.0778. The van der Waals surface area contributed by atoms with E-state index in [0.717, 1.165) is 18.4 Å². The first-order chi connectivity index (χ1) is 9.61. The Hall–Kier alpha value is -1.52. The number of hydrogen-bond acceptors (Lipinski definition) is 2. The van der Waals surface area contributed by atoms with Crippen LogP contribution in [0.1, 0.15) is 18.4 Å². The molecule has 20 heavy (non-hydrogen) atoms. The second-order valence-electron chi connectivity index (χ2n) is 4.93. The zero-order chi connectivity index (χ0) is 14.1. The number of hydrogen-bond donors (Lipinski definition) is 1. The fraction of sp³-hybridized carbons (Fsp3) is 0.286. The number of nitrogens with one attached hydrogen (secondary N) is 1. The molecule has 1 aromatic carbocycles. The van der Waals surface area contributed by atoms with Crippen molar-refractivity contribution in [2.24, 2.45) is 5.92 Å². The third kappa shape index (κ3) is 3.14. The van der Waals surface area contributed by atoms with Gasteiger partial charge in [-0.1, -0.05) is 29.3 Å². The molecule has 3 rings (SSSR count). The number of carbonyl (C=O) groups is 1. The van der Waals surface area contributed by atoms with Gasteiger partial charge in [0, 0.05) is 22.2 Å². The van der Waals surface area contributed by atoms with Gasteiger partial charge in [-0.25, -0.2) is 0 Å². The summed E-state index contributed by atoms with van der Waals surface area (Å²) in [7, 11) is 0. The largest absolute Gasteiger partial charge is 0.323 e. The molecule has 0 radical (unpaired) electrons. The number of amides is 1. The monoisotopic (exact) mass is 309 g/mol. The summed E-state index contributed by atoms with van der Waals surface area (Å²) in [5.74, 6) is 0.262. The number of nitrogens with zero attached hydrogens (tertiary/aromatic N) is 2. The molecule has 1 amide bonds. The average molecular weight is 310 g/mol. The summed E-state index contributed by atoms with van der Waals surface area (Å²) in [6.07, 6.45) is 5.41. The lowest BCUT2D eigenvalue weighted by Gasteiger charge is -2.05. The molecule has 1 N–H and O–H groups in total. The Bertz CT molecular complexity index is 650. The van der Waals surface area contributed by atoms with Crippen LogP contribution >= 0.6 is 23.2 Å². The van der Waals surface area contributed by atoms with E-state index in [9.17, 15) is 4.79 Å². The summed E-state index contributed by atoms with van der Waals surface area (Å²) in [4.78, 5) is 11.6. The molecule has 0 aliphatic heterocycles. The summed E-state index contributed by atoms with van der Waals surface area (Å²) in [6.45, 7) is 0.537. The SMILES string of the molecule is O=C(Nc1cnn(Cc2ccc(Cl)cc2Cl)c1)C1CC1. The molecular weight excluding hydrogens is 297 g/mol. The molecule has 0 atom stereocenters. The first kappa shape index (κ1) is 13.5. The maximum atomic E-state index is 11.6. The lowest BCUT2D eigenvalue weighted by molar-refractivity contribution is -0.117. The Morgan fingerprint density at radius 3 is 2.90 bits per heavy atom. The quantitative estimate of drug-likeness (QED) is 0.938. The van der Waals surface area contributed by atoms with Gasteiger partial charge in [-0.2, -0.15) is 5.10 Å². The van der Waals surface area contributed by atoms with E-state index < -0.39 is 0 Å². The highest BCUT2D eigenvalue weighted by Crippen LogP contribution is 2.30. The van der Waals surface area contributed by atoms with Gasteiger partial charge in [0.1, 0.15) is 0 Å². The number of aromatic nitrogens is 2. The Balaban J connectivity index is 1.68. The van der Waals surface area contributed by atoms with Crippen molar-refractivity contribution in [2.45, 2.75) is 19.4 Å². The van der Waals surface area contributed by atoms with Crippen LogP contribution in [0.3, 0.4) is 0 Å². The topological polar surface area (TPSA) is 46.9 Å². The van der Waals surface area contributed by atoms with E-state index in [1.807, 2.05) is 6.07 Å². The van der Waals surface area contributed by atoms with Crippen LogP contribution in [0.5, 0.6) is 0 Å². The van der Waals surface area contributed by atoms with Crippen molar-refractivity contribution < 1.29 is 4.79 Å². The lowest BCUT2D eigenvalue weighted by atomic mass is 10.2. The highest BCUT2D eigenvalue weighted by Gasteiger charge is 2.29. The minimum Gasteiger partial charge on any atom is -0.323 e. The Kier molecular flexibility index (Phi) is 3.68. The maximum Gasteiger partial charge on any atom is 0.227 e. The van der Waals surface area contributed by atoms with Crippen LogP contribution in [0.25, 0.3) is 0 Å². The number of halogens is 2. The second-order valence-corrected chi connectivity index (χ2v) is 5.77. The molecule has 0 saturated heterocycles. The molecule has 2 aromatic rings. The van der Waals surface area contributed by atoms with E-state index >= 15 is 0 Å². The molecule has 1 heterocycles. The van der Waals surface area contributed by atoms with Crippen molar-refractivity contribution in [3.63, 3.8) is 0 Å². The first-order valence-electron chi connectivity index (χ1n) is 6.39. The van der Waals surface area contributed by atoms with E-state index in [0.29, 0.717) is 22.3 Å². The van der Waals surface area contributed by atoms with Crippen molar-refractivity contribution >= 4 is 34.8 Å². The summed E-state index contributed by atoms with van der Waals surface area (Å²) < 4.78 is 1.73. The minimum atomic E-state index is 0.0778. The zero-order valence-electron chi connectivity index (χ0n) is 10.6. The van der Waals surface area contributed by atoms with E-state index in [-0.39, 0.29) is 11.8 Å². The van der Waals surface area contributed by atoms with E-state index in [4.69, 9.17) is 23.2 Å². The van der Waals surface area contributed by atoms with Crippen molar-refractivity contribution in [3.05, 3.63) is 46.2 Å². The van der Waals surface area contributed by atoms with E-state index in [1.54, 1.807) is 29.2 Å². The summed E-state index contributed by atoms with van der Waals surface area (Å²) in [6, 6.07) is 5.37. The van der Waals surface area contributed by atoms with Crippen molar-refractivity contribution in [1.29, 1.82) is 0 Å². The molecule has 1 saturated carbocycles. The molecule has 1 aromatic heterocycles. The van der Waals surface area contributed by atoms with Crippen molar-refractivity contribution in [3.8, 4) is 0 Å². The highest BCUT2D eigenvalue weighted by atomic mass is 35.5. The van der Waals surface area contributed by atoms with Gasteiger partial charge in [0.2, 0.25) is 5.91 Å². The van der Waals surface area contributed by atoms with Gasteiger partial charge in [0.25, 0.3) is 0 Å². The highest BCUT2D eigenvalue weighted by molar-refractivity contribution is 6.35. The number of rotatable bonds is 4. The number of anilines is 1. The van der Waals surface area contributed by atoms with Gasteiger partial charge in [-0.3, -0.25) is 9.48 Å². The number of benzene rings is 1. The molecule has 0 spiro atoms. The molecule has 4 nitrogen and oxygen atoms in total. The lowest BCUT2D eigenvalue weighted by Crippen LogP contribution is -2.12. The normalized spacial score (nSPS) is 14.3. The average Bonchev–Trinajstić information content (AvgIpc) is 3.16. The molecule has 1 aliphatic carbocycles. The summed E-state index contributed by atoms with van der Waals surface area (Å²) in [5.41, 5.74) is 1.64. The predicted octanol–water partition coefficient (Wildman–Crippen LogP) is 3.59.